The van der Waals surface area contributed by atoms with Crippen LogP contribution in [0.1, 0.15) is 82.4 Å². The summed E-state index contributed by atoms with van der Waals surface area (Å²) in [5.41, 5.74) is 0.922. The summed E-state index contributed by atoms with van der Waals surface area (Å²) >= 11 is 0. The number of halogens is 2. The zero-order valence-electron chi connectivity index (χ0n) is 12.0. The van der Waals surface area contributed by atoms with E-state index in [0.29, 0.717) is 5.92 Å². The molecule has 3 heteroatoms. The van der Waals surface area contributed by atoms with Crippen LogP contribution in [0, 0.1) is 0 Å². The Morgan fingerprint density at radius 3 is 2.47 bits per heavy atom. The Bertz CT molecular complexity index is 352. The van der Waals surface area contributed by atoms with Gasteiger partial charge in [0.1, 0.15) is 0 Å². The van der Waals surface area contributed by atoms with E-state index in [1.165, 1.54) is 44.4 Å². The van der Waals surface area contributed by atoms with Gasteiger partial charge in [0.2, 0.25) is 0 Å². The average Bonchev–Trinajstić information content (AvgIpc) is 2.43. The lowest BCUT2D eigenvalue weighted by Gasteiger charge is -2.15. The Morgan fingerprint density at radius 2 is 1.84 bits per heavy atom. The molecule has 1 heterocycles. The van der Waals surface area contributed by atoms with Gasteiger partial charge in [-0.05, 0) is 25.0 Å². The Labute approximate surface area is 115 Å². The Balaban J connectivity index is 2.51. The summed E-state index contributed by atoms with van der Waals surface area (Å²) in [7, 11) is 0. The van der Waals surface area contributed by atoms with Gasteiger partial charge in [0.05, 0.1) is 0 Å². The lowest BCUT2D eigenvalue weighted by Crippen LogP contribution is -2.02. The van der Waals surface area contributed by atoms with Crippen LogP contribution in [0.2, 0.25) is 0 Å². The molecule has 0 aliphatic rings. The van der Waals surface area contributed by atoms with E-state index in [1.54, 1.807) is 6.07 Å². The first kappa shape index (κ1) is 16.1. The first-order valence-electron chi connectivity index (χ1n) is 7.43. The van der Waals surface area contributed by atoms with Crippen molar-refractivity contribution in [2.45, 2.75) is 71.1 Å². The maximum atomic E-state index is 12.7. The highest BCUT2D eigenvalue weighted by Gasteiger charge is 2.14. The van der Waals surface area contributed by atoms with Gasteiger partial charge in [-0.25, -0.2) is 8.78 Å². The highest BCUT2D eigenvalue weighted by atomic mass is 19.3. The molecule has 0 saturated heterocycles. The van der Waals surface area contributed by atoms with Crippen molar-refractivity contribution in [3.05, 3.63) is 29.6 Å². The number of hydrogen-bond acceptors (Lipinski definition) is 1. The Kier molecular flexibility index (Phi) is 7.61. The number of aromatic nitrogens is 1. The normalized spacial score (nSPS) is 12.9. The van der Waals surface area contributed by atoms with Crippen molar-refractivity contribution in [2.75, 3.05) is 0 Å². The predicted molar refractivity (Wildman–Crippen MR) is 75.6 cm³/mol. The molecular formula is C16H25F2N. The van der Waals surface area contributed by atoms with Crippen molar-refractivity contribution in [3.63, 3.8) is 0 Å². The largest absolute Gasteiger partial charge is 0.263 e. The van der Waals surface area contributed by atoms with Gasteiger partial charge in [-0.3, -0.25) is 4.98 Å². The molecule has 1 unspecified atom stereocenters. The second-order valence-electron chi connectivity index (χ2n) is 5.12. The third-order valence-electron chi connectivity index (χ3n) is 3.62. The fourth-order valence-electron chi connectivity index (χ4n) is 2.38. The summed E-state index contributed by atoms with van der Waals surface area (Å²) in [5, 5.41) is 0. The van der Waals surface area contributed by atoms with Crippen molar-refractivity contribution >= 4 is 0 Å². The summed E-state index contributed by atoms with van der Waals surface area (Å²) < 4.78 is 25.4. The van der Waals surface area contributed by atoms with Gasteiger partial charge in [-0.2, -0.15) is 0 Å². The van der Waals surface area contributed by atoms with Crippen LogP contribution >= 0.6 is 0 Å². The van der Waals surface area contributed by atoms with Crippen LogP contribution in [0.4, 0.5) is 8.78 Å². The van der Waals surface area contributed by atoms with E-state index in [9.17, 15) is 8.78 Å². The molecule has 1 aromatic heterocycles. The van der Waals surface area contributed by atoms with E-state index in [4.69, 9.17) is 0 Å². The minimum absolute atomic E-state index is 0.0921. The van der Waals surface area contributed by atoms with Gasteiger partial charge >= 0.3 is 0 Å². The predicted octanol–water partition coefficient (Wildman–Crippen LogP) is 5.87. The van der Waals surface area contributed by atoms with Crippen molar-refractivity contribution in [1.82, 2.24) is 4.98 Å². The summed E-state index contributed by atoms with van der Waals surface area (Å²) in [6.45, 7) is 4.31. The number of alkyl halides is 2. The molecule has 0 saturated carbocycles. The van der Waals surface area contributed by atoms with Crippen molar-refractivity contribution in [2.24, 2.45) is 0 Å². The van der Waals surface area contributed by atoms with Gasteiger partial charge < -0.3 is 0 Å². The summed E-state index contributed by atoms with van der Waals surface area (Å²) in [4.78, 5) is 4.27. The van der Waals surface area contributed by atoms with Gasteiger partial charge in [0, 0.05) is 23.4 Å². The first-order valence-corrected chi connectivity index (χ1v) is 7.43. The maximum absolute atomic E-state index is 12.7. The van der Waals surface area contributed by atoms with Gasteiger partial charge in [-0.1, -0.05) is 46.0 Å². The molecule has 1 nitrogen and oxygen atoms in total. The van der Waals surface area contributed by atoms with Crippen LogP contribution in [0.5, 0.6) is 0 Å². The molecule has 0 aliphatic carbocycles. The molecule has 0 bridgehead atoms. The monoisotopic (exact) mass is 269 g/mol. The van der Waals surface area contributed by atoms with Crippen LogP contribution in [0.3, 0.4) is 0 Å². The Hall–Kier alpha value is -0.990. The molecule has 1 rings (SSSR count). The SMILES string of the molecule is CCCCCCCC(CC)c1cc(C(F)F)ccn1. The average molecular weight is 269 g/mol. The standard InChI is InChI=1S/C16H25F2N/c1-3-5-6-7-8-9-13(4-2)15-12-14(16(17)18)10-11-19-15/h10-13,16H,3-9H2,1-2H3. The zero-order chi connectivity index (χ0) is 14.1. The number of pyridine rings is 1. The quantitative estimate of drug-likeness (QED) is 0.511. The molecular weight excluding hydrogens is 244 g/mol. The molecule has 108 valence electrons. The molecule has 1 aromatic rings. The lowest BCUT2D eigenvalue weighted by atomic mass is 9.93. The third-order valence-corrected chi connectivity index (χ3v) is 3.62. The van der Waals surface area contributed by atoms with E-state index >= 15 is 0 Å². The molecule has 0 amide bonds. The minimum atomic E-state index is -2.40. The summed E-state index contributed by atoms with van der Waals surface area (Å²) in [5.74, 6) is 0.320. The van der Waals surface area contributed by atoms with E-state index in [0.717, 1.165) is 18.5 Å². The van der Waals surface area contributed by atoms with Crippen LogP contribution < -0.4 is 0 Å². The molecule has 0 aliphatic heterocycles. The maximum Gasteiger partial charge on any atom is 0.263 e. The summed E-state index contributed by atoms with van der Waals surface area (Å²) in [6.07, 6.45) is 7.34. The van der Waals surface area contributed by atoms with Crippen molar-refractivity contribution in [1.29, 1.82) is 0 Å². The zero-order valence-corrected chi connectivity index (χ0v) is 12.0. The fraction of sp³-hybridized carbons (Fsp3) is 0.688. The van der Waals surface area contributed by atoms with Crippen LogP contribution in [-0.2, 0) is 0 Å². The topological polar surface area (TPSA) is 12.9 Å². The van der Waals surface area contributed by atoms with E-state index in [2.05, 4.69) is 18.8 Å². The van der Waals surface area contributed by atoms with Gasteiger partial charge in [-0.15, -0.1) is 0 Å². The van der Waals surface area contributed by atoms with Crippen molar-refractivity contribution in [3.8, 4) is 0 Å². The molecule has 0 radical (unpaired) electrons. The minimum Gasteiger partial charge on any atom is -0.261 e. The second kappa shape index (κ2) is 9.00. The number of nitrogens with zero attached hydrogens (tertiary/aromatic N) is 1. The first-order chi connectivity index (χ1) is 9.19. The molecule has 0 aromatic carbocycles. The van der Waals surface area contributed by atoms with Gasteiger partial charge in [0.15, 0.2) is 0 Å². The van der Waals surface area contributed by atoms with E-state index in [1.807, 2.05) is 0 Å². The van der Waals surface area contributed by atoms with Crippen LogP contribution in [-0.4, -0.2) is 4.98 Å². The molecule has 1 atom stereocenters. The highest BCUT2D eigenvalue weighted by Crippen LogP contribution is 2.27. The van der Waals surface area contributed by atoms with Crippen molar-refractivity contribution < 1.29 is 8.78 Å². The second-order valence-corrected chi connectivity index (χ2v) is 5.12. The Morgan fingerprint density at radius 1 is 1.11 bits per heavy atom. The van der Waals surface area contributed by atoms with Crippen LogP contribution in [0.15, 0.2) is 18.3 Å². The molecule has 0 fully saturated rings. The number of unbranched alkanes of at least 4 members (excludes halogenated alkanes) is 4. The molecule has 0 spiro atoms. The summed E-state index contributed by atoms with van der Waals surface area (Å²) in [6, 6.07) is 2.98. The van der Waals surface area contributed by atoms with Gasteiger partial charge in [0.25, 0.3) is 6.43 Å². The van der Waals surface area contributed by atoms with E-state index < -0.39 is 6.43 Å². The molecule has 19 heavy (non-hydrogen) atoms. The fourth-order valence-corrected chi connectivity index (χ4v) is 2.38. The third kappa shape index (κ3) is 5.66. The van der Waals surface area contributed by atoms with E-state index in [-0.39, 0.29) is 5.56 Å². The number of hydrogen-bond donors (Lipinski definition) is 0. The molecule has 0 N–H and O–H groups in total. The smallest absolute Gasteiger partial charge is 0.261 e. The highest BCUT2D eigenvalue weighted by molar-refractivity contribution is 5.20. The lowest BCUT2D eigenvalue weighted by molar-refractivity contribution is 0.151. The number of rotatable bonds is 9. The van der Waals surface area contributed by atoms with Crippen LogP contribution in [0.25, 0.3) is 0 Å².